The molecule has 0 amide bonds. The molecule has 0 aliphatic rings. The second-order valence-corrected chi connectivity index (χ2v) is 7.07. The molecule has 0 saturated carbocycles. The fourth-order valence-corrected chi connectivity index (χ4v) is 2.35. The molecule has 0 bridgehead atoms. The molecule has 0 aromatic carbocycles. The van der Waals surface area contributed by atoms with Crippen molar-refractivity contribution >= 4 is 16.4 Å². The minimum atomic E-state index is -4.67. The van der Waals surface area contributed by atoms with E-state index < -0.39 is 16.4 Å². The number of unbranched alkanes of at least 4 members (excludes halogenated alkanes) is 11. The number of allylic oxidation sites excluding steroid dienone is 2. The van der Waals surface area contributed by atoms with Gasteiger partial charge in [-0.05, 0) is 32.1 Å². The third-order valence-electron chi connectivity index (χ3n) is 3.65. The molecule has 3 N–H and O–H groups in total. The zero-order valence-electron chi connectivity index (χ0n) is 17.5. The smallest absolute Gasteiger partial charge is 1.00 e. The van der Waals surface area contributed by atoms with Gasteiger partial charge in [0.1, 0.15) is 0 Å². The Morgan fingerprint density at radius 1 is 0.808 bits per heavy atom. The average molecular weight is 405 g/mol. The van der Waals surface area contributed by atoms with Gasteiger partial charge in [-0.2, -0.15) is 8.42 Å². The van der Waals surface area contributed by atoms with Crippen LogP contribution in [0.4, 0.5) is 0 Å². The second-order valence-electron chi connectivity index (χ2n) is 6.18. The number of hydrogen-bond donors (Lipinski definition) is 3. The summed E-state index contributed by atoms with van der Waals surface area (Å²) in [5, 5.41) is 8.51. The van der Waals surface area contributed by atoms with E-state index in [0.29, 0.717) is 6.42 Å². The van der Waals surface area contributed by atoms with Gasteiger partial charge in [0, 0.05) is 6.42 Å². The minimum absolute atomic E-state index is 0. The zero-order chi connectivity index (χ0) is 19.4. The van der Waals surface area contributed by atoms with Gasteiger partial charge < -0.3 is 6.53 Å². The van der Waals surface area contributed by atoms with E-state index in [1.807, 2.05) is 0 Å². The molecule has 0 heterocycles. The van der Waals surface area contributed by atoms with Crippen molar-refractivity contribution in [3.05, 3.63) is 12.2 Å². The Labute approximate surface area is 183 Å². The molecule has 152 valence electrons. The monoisotopic (exact) mass is 404 g/mol. The summed E-state index contributed by atoms with van der Waals surface area (Å²) < 4.78 is 31.6. The summed E-state index contributed by atoms with van der Waals surface area (Å²) in [6.45, 7) is 2.26. The van der Waals surface area contributed by atoms with Crippen LogP contribution in [0.15, 0.2) is 12.2 Å². The van der Waals surface area contributed by atoms with Crippen molar-refractivity contribution in [1.82, 2.24) is 0 Å². The molecule has 0 aromatic rings. The normalized spacial score (nSPS) is 10.9. The number of hydrogen-bond acceptors (Lipinski definition) is 3. The van der Waals surface area contributed by atoms with Crippen molar-refractivity contribution in [2.24, 2.45) is 0 Å². The molecule has 0 spiro atoms. The minimum Gasteiger partial charge on any atom is -1.00 e. The number of carbonyl (C=O) groups is 1. The van der Waals surface area contributed by atoms with Crippen molar-refractivity contribution in [2.45, 2.75) is 96.8 Å². The quantitative estimate of drug-likeness (QED) is 0.167. The van der Waals surface area contributed by atoms with Crippen molar-refractivity contribution in [2.75, 3.05) is 0 Å². The first-order valence-corrected chi connectivity index (χ1v) is 10.7. The van der Waals surface area contributed by atoms with Gasteiger partial charge in [0.25, 0.3) is 0 Å². The topological polar surface area (TPSA) is 112 Å². The average Bonchev–Trinajstić information content (AvgIpc) is 2.49. The van der Waals surface area contributed by atoms with Gasteiger partial charge in [0.2, 0.25) is 0 Å². The molecule has 0 aliphatic heterocycles. The second kappa shape index (κ2) is 23.1. The van der Waals surface area contributed by atoms with Gasteiger partial charge in [-0.1, -0.05) is 70.4 Å². The van der Waals surface area contributed by atoms with E-state index in [0.717, 1.165) is 12.8 Å². The zero-order valence-corrected chi connectivity index (χ0v) is 19.3. The van der Waals surface area contributed by atoms with Gasteiger partial charge in [-0.15, -0.1) is 0 Å². The Morgan fingerprint density at radius 2 is 1.15 bits per heavy atom. The van der Waals surface area contributed by atoms with Crippen LogP contribution in [0.3, 0.4) is 0 Å². The van der Waals surface area contributed by atoms with Gasteiger partial charge >= 0.3 is 45.9 Å². The van der Waals surface area contributed by atoms with Crippen LogP contribution in [-0.4, -0.2) is 28.6 Å². The van der Waals surface area contributed by atoms with Crippen LogP contribution in [0.25, 0.3) is 0 Å². The van der Waals surface area contributed by atoms with Gasteiger partial charge in [-0.25, -0.2) is 0 Å². The van der Waals surface area contributed by atoms with Crippen LogP contribution in [0.2, 0.25) is 0 Å². The third-order valence-corrected chi connectivity index (χ3v) is 3.65. The Kier molecular flexibility index (Phi) is 27.4. The van der Waals surface area contributed by atoms with E-state index in [1.54, 1.807) is 0 Å². The standard InChI is InChI=1S/C18H34O2.Na.H2O4S.H/c1-2-3-4-5-6-7-8-9-10-11-12-13-14-15-16-17-18(19)20;;1-5(2,3)4;/h9-10H,2-8,11-17H2,1H3,(H,19,20);;(H2,1,2,3,4);/q;+1;;-1/b10-9-;;;. The van der Waals surface area contributed by atoms with Gasteiger partial charge in [0.05, 0.1) is 0 Å². The number of aliphatic carboxylic acids is 1. The Bertz CT molecular complexity index is 422. The predicted octanol–water partition coefficient (Wildman–Crippen LogP) is 2.57. The molecular formula is C18H37NaO6S. The maximum Gasteiger partial charge on any atom is 1.00 e. The maximum atomic E-state index is 10.3. The Balaban J connectivity index is -0.000000333. The molecule has 0 rings (SSSR count). The molecule has 0 aliphatic carbocycles. The van der Waals surface area contributed by atoms with E-state index in [4.69, 9.17) is 22.6 Å². The van der Waals surface area contributed by atoms with Crippen molar-refractivity contribution in [3.8, 4) is 0 Å². The molecule has 0 unspecified atom stereocenters. The fourth-order valence-electron chi connectivity index (χ4n) is 2.35. The Hall–Kier alpha value is 0.0800. The first kappa shape index (κ1) is 30.8. The molecule has 26 heavy (non-hydrogen) atoms. The summed E-state index contributed by atoms with van der Waals surface area (Å²) in [7, 11) is -4.67. The Morgan fingerprint density at radius 3 is 1.54 bits per heavy atom. The SMILES string of the molecule is CCCCCCCC/C=C\CCCCCCCC(=O)O.O=S(=O)(O)O.[H-].[Na+]. The van der Waals surface area contributed by atoms with Gasteiger partial charge in [-0.3, -0.25) is 13.9 Å². The van der Waals surface area contributed by atoms with E-state index in [1.165, 1.54) is 70.6 Å². The van der Waals surface area contributed by atoms with Crippen LogP contribution < -0.4 is 29.6 Å². The van der Waals surface area contributed by atoms with Crippen LogP contribution in [0, 0.1) is 0 Å². The van der Waals surface area contributed by atoms with Crippen molar-refractivity contribution in [3.63, 3.8) is 0 Å². The molecule has 8 heteroatoms. The molecule has 0 saturated heterocycles. The first-order valence-electron chi connectivity index (χ1n) is 9.34. The third kappa shape index (κ3) is 44.0. The molecule has 0 aromatic heterocycles. The number of rotatable bonds is 15. The van der Waals surface area contributed by atoms with E-state index in [-0.39, 0.29) is 31.0 Å². The van der Waals surface area contributed by atoms with Crippen LogP contribution in [0.1, 0.15) is 98.2 Å². The van der Waals surface area contributed by atoms with Crippen molar-refractivity contribution < 1.29 is 58.4 Å². The molecule has 0 fully saturated rings. The molecule has 0 atom stereocenters. The number of carboxylic acid groups (broad SMARTS) is 1. The first-order chi connectivity index (χ1) is 11.8. The predicted molar refractivity (Wildman–Crippen MR) is 102 cm³/mol. The van der Waals surface area contributed by atoms with Crippen LogP contribution in [0.5, 0.6) is 0 Å². The molecular weight excluding hydrogens is 367 g/mol. The molecule has 6 nitrogen and oxygen atoms in total. The summed E-state index contributed by atoms with van der Waals surface area (Å²) in [4.78, 5) is 10.3. The summed E-state index contributed by atoms with van der Waals surface area (Å²) in [5.74, 6) is -0.664. The summed E-state index contributed by atoms with van der Waals surface area (Å²) in [5.41, 5.74) is 0. The van der Waals surface area contributed by atoms with Gasteiger partial charge in [0.15, 0.2) is 0 Å². The van der Waals surface area contributed by atoms with Crippen LogP contribution >= 0.6 is 0 Å². The largest absolute Gasteiger partial charge is 1.00 e. The summed E-state index contributed by atoms with van der Waals surface area (Å²) in [6.07, 6.45) is 21.2. The van der Waals surface area contributed by atoms with E-state index >= 15 is 0 Å². The summed E-state index contributed by atoms with van der Waals surface area (Å²) in [6, 6.07) is 0. The maximum absolute atomic E-state index is 10.3. The number of carboxylic acids is 1. The molecule has 0 radical (unpaired) electrons. The summed E-state index contributed by atoms with van der Waals surface area (Å²) >= 11 is 0. The van der Waals surface area contributed by atoms with E-state index in [9.17, 15) is 4.79 Å². The van der Waals surface area contributed by atoms with E-state index in [2.05, 4.69) is 19.1 Å². The van der Waals surface area contributed by atoms with Crippen LogP contribution in [-0.2, 0) is 15.2 Å². The van der Waals surface area contributed by atoms with Crippen molar-refractivity contribution in [1.29, 1.82) is 0 Å². The fraction of sp³-hybridized carbons (Fsp3) is 0.833.